The number of aryl methyl sites for hydroxylation is 2. The van der Waals surface area contributed by atoms with Gasteiger partial charge in [-0.3, -0.25) is 4.68 Å². The monoisotopic (exact) mass is 287 g/mol. The average molecular weight is 287 g/mol. The number of nitrogens with zero attached hydrogens (tertiary/aromatic N) is 2. The van der Waals surface area contributed by atoms with Crippen molar-refractivity contribution in [2.24, 2.45) is 0 Å². The van der Waals surface area contributed by atoms with E-state index < -0.39 is 0 Å². The van der Waals surface area contributed by atoms with Gasteiger partial charge in [0.2, 0.25) is 0 Å². The Morgan fingerprint density at radius 1 is 1.24 bits per heavy atom. The molecule has 1 N–H and O–H groups in total. The molecule has 0 aliphatic carbocycles. The van der Waals surface area contributed by atoms with Crippen molar-refractivity contribution in [3.05, 3.63) is 41.7 Å². The van der Waals surface area contributed by atoms with Crippen LogP contribution in [0.3, 0.4) is 0 Å². The van der Waals surface area contributed by atoms with Crippen LogP contribution < -0.4 is 10.1 Å². The number of ether oxygens (including phenoxy) is 1. The highest BCUT2D eigenvalue weighted by atomic mass is 16.5. The van der Waals surface area contributed by atoms with Crippen LogP contribution >= 0.6 is 0 Å². The molecule has 1 heterocycles. The van der Waals surface area contributed by atoms with E-state index in [2.05, 4.69) is 55.6 Å². The molecule has 1 aromatic carbocycles. The van der Waals surface area contributed by atoms with Crippen LogP contribution in [0.25, 0.3) is 0 Å². The van der Waals surface area contributed by atoms with Crippen LogP contribution in [-0.2, 0) is 13.1 Å². The van der Waals surface area contributed by atoms with Crippen molar-refractivity contribution in [2.75, 3.05) is 11.9 Å². The molecule has 2 rings (SSSR count). The lowest BCUT2D eigenvalue weighted by Crippen LogP contribution is -2.03. The van der Waals surface area contributed by atoms with Crippen LogP contribution in [0, 0.1) is 6.92 Å². The van der Waals surface area contributed by atoms with Gasteiger partial charge >= 0.3 is 0 Å². The maximum atomic E-state index is 5.82. The summed E-state index contributed by atoms with van der Waals surface area (Å²) in [5, 5.41) is 7.79. The molecule has 0 bridgehead atoms. The summed E-state index contributed by atoms with van der Waals surface area (Å²) in [5.74, 6) is 0.929. The van der Waals surface area contributed by atoms with Crippen molar-refractivity contribution in [1.29, 1.82) is 0 Å². The normalized spacial score (nSPS) is 10.6. The third-order valence-corrected chi connectivity index (χ3v) is 3.22. The summed E-state index contributed by atoms with van der Waals surface area (Å²) in [6.45, 7) is 8.82. The fourth-order valence-electron chi connectivity index (χ4n) is 2.15. The highest BCUT2D eigenvalue weighted by molar-refractivity contribution is 5.57. The molecule has 0 spiro atoms. The van der Waals surface area contributed by atoms with Crippen molar-refractivity contribution in [3.63, 3.8) is 0 Å². The standard InChI is InChI=1S/C17H25N3O/c1-4-8-20-13-15(12-19-20)11-18-16-7-6-14(3)10-17(16)21-9-5-2/h6-7,10,12-13,18H,4-5,8-9,11H2,1-3H3. The van der Waals surface area contributed by atoms with E-state index in [-0.39, 0.29) is 0 Å². The van der Waals surface area contributed by atoms with Crippen LogP contribution in [0.4, 0.5) is 5.69 Å². The first-order valence-electron chi connectivity index (χ1n) is 7.71. The van der Waals surface area contributed by atoms with E-state index >= 15 is 0 Å². The summed E-state index contributed by atoms with van der Waals surface area (Å²) in [6.07, 6.45) is 6.12. The van der Waals surface area contributed by atoms with E-state index in [1.165, 1.54) is 11.1 Å². The highest BCUT2D eigenvalue weighted by Gasteiger charge is 2.05. The van der Waals surface area contributed by atoms with E-state index in [4.69, 9.17) is 4.74 Å². The Hall–Kier alpha value is -1.97. The maximum absolute atomic E-state index is 5.82. The largest absolute Gasteiger partial charge is 0.491 e. The highest BCUT2D eigenvalue weighted by Crippen LogP contribution is 2.26. The summed E-state index contributed by atoms with van der Waals surface area (Å²) < 4.78 is 7.80. The van der Waals surface area contributed by atoms with Crippen molar-refractivity contribution in [1.82, 2.24) is 9.78 Å². The summed E-state index contributed by atoms with van der Waals surface area (Å²) in [6, 6.07) is 6.26. The third-order valence-electron chi connectivity index (χ3n) is 3.22. The van der Waals surface area contributed by atoms with Gasteiger partial charge in [-0.25, -0.2) is 0 Å². The second kappa shape index (κ2) is 7.72. The molecule has 0 fully saturated rings. The average Bonchev–Trinajstić information content (AvgIpc) is 2.92. The Morgan fingerprint density at radius 3 is 2.86 bits per heavy atom. The second-order valence-electron chi connectivity index (χ2n) is 5.31. The minimum Gasteiger partial charge on any atom is -0.491 e. The summed E-state index contributed by atoms with van der Waals surface area (Å²) in [7, 11) is 0. The topological polar surface area (TPSA) is 39.1 Å². The lowest BCUT2D eigenvalue weighted by Gasteiger charge is -2.13. The van der Waals surface area contributed by atoms with E-state index in [1.54, 1.807) is 0 Å². The quantitative estimate of drug-likeness (QED) is 0.797. The number of anilines is 1. The Balaban J connectivity index is 2.00. The molecule has 0 aliphatic rings. The SMILES string of the molecule is CCCOc1cc(C)ccc1NCc1cnn(CCC)c1. The lowest BCUT2D eigenvalue weighted by molar-refractivity contribution is 0.318. The molecule has 2 aromatic rings. The van der Waals surface area contributed by atoms with E-state index in [0.717, 1.165) is 44.0 Å². The summed E-state index contributed by atoms with van der Waals surface area (Å²) in [4.78, 5) is 0. The van der Waals surface area contributed by atoms with E-state index in [0.29, 0.717) is 0 Å². The van der Waals surface area contributed by atoms with Crippen LogP contribution in [0.15, 0.2) is 30.6 Å². The molecule has 1 aromatic heterocycles. The van der Waals surface area contributed by atoms with Gasteiger partial charge in [0.05, 0.1) is 18.5 Å². The maximum Gasteiger partial charge on any atom is 0.142 e. The first-order chi connectivity index (χ1) is 10.2. The molecule has 0 unspecified atom stereocenters. The second-order valence-corrected chi connectivity index (χ2v) is 5.31. The first kappa shape index (κ1) is 15.4. The number of aromatic nitrogens is 2. The van der Waals surface area contributed by atoms with Gasteiger partial charge in [0.15, 0.2) is 0 Å². The molecule has 0 amide bonds. The molecule has 4 nitrogen and oxygen atoms in total. The van der Waals surface area contributed by atoms with Gasteiger partial charge in [0.25, 0.3) is 0 Å². The number of nitrogens with one attached hydrogen (secondary N) is 1. The van der Waals surface area contributed by atoms with Crippen molar-refractivity contribution in [2.45, 2.75) is 46.7 Å². The summed E-state index contributed by atoms with van der Waals surface area (Å²) >= 11 is 0. The van der Waals surface area contributed by atoms with Gasteiger partial charge in [-0.15, -0.1) is 0 Å². The molecule has 4 heteroatoms. The predicted octanol–water partition coefficient (Wildman–Crippen LogP) is 4.00. The smallest absolute Gasteiger partial charge is 0.142 e. The molecule has 0 atom stereocenters. The van der Waals surface area contributed by atoms with Crippen molar-refractivity contribution < 1.29 is 4.74 Å². The fraction of sp³-hybridized carbons (Fsp3) is 0.471. The third kappa shape index (κ3) is 4.52. The molecular formula is C17H25N3O. The molecule has 0 radical (unpaired) electrons. The van der Waals surface area contributed by atoms with Gasteiger partial charge in [-0.1, -0.05) is 19.9 Å². The Morgan fingerprint density at radius 2 is 2.10 bits per heavy atom. The lowest BCUT2D eigenvalue weighted by atomic mass is 10.2. The van der Waals surface area contributed by atoms with Gasteiger partial charge in [0.1, 0.15) is 5.75 Å². The fourth-order valence-corrected chi connectivity index (χ4v) is 2.15. The van der Waals surface area contributed by atoms with Crippen molar-refractivity contribution >= 4 is 5.69 Å². The Bertz CT molecular complexity index is 563. The molecular weight excluding hydrogens is 262 g/mol. The zero-order chi connectivity index (χ0) is 15.1. The molecule has 0 saturated heterocycles. The first-order valence-corrected chi connectivity index (χ1v) is 7.71. The Labute approximate surface area is 127 Å². The molecule has 0 saturated carbocycles. The molecule has 21 heavy (non-hydrogen) atoms. The van der Waals surface area contributed by atoms with Crippen LogP contribution in [0.5, 0.6) is 5.75 Å². The molecule has 114 valence electrons. The summed E-state index contributed by atoms with van der Waals surface area (Å²) in [5.41, 5.74) is 3.44. The zero-order valence-electron chi connectivity index (χ0n) is 13.2. The number of rotatable bonds is 8. The van der Waals surface area contributed by atoms with Gasteiger partial charge < -0.3 is 10.1 Å². The van der Waals surface area contributed by atoms with E-state index in [9.17, 15) is 0 Å². The number of hydrogen-bond donors (Lipinski definition) is 1. The van der Waals surface area contributed by atoms with Crippen LogP contribution in [0.2, 0.25) is 0 Å². The molecule has 0 aliphatic heterocycles. The van der Waals surface area contributed by atoms with Crippen molar-refractivity contribution in [3.8, 4) is 5.75 Å². The van der Waals surface area contributed by atoms with Crippen LogP contribution in [-0.4, -0.2) is 16.4 Å². The van der Waals surface area contributed by atoms with Crippen LogP contribution in [0.1, 0.15) is 37.8 Å². The Kier molecular flexibility index (Phi) is 5.67. The number of hydrogen-bond acceptors (Lipinski definition) is 3. The minimum atomic E-state index is 0.743. The van der Waals surface area contributed by atoms with Gasteiger partial charge in [0, 0.05) is 24.8 Å². The number of benzene rings is 1. The van der Waals surface area contributed by atoms with Gasteiger partial charge in [-0.2, -0.15) is 5.10 Å². The minimum absolute atomic E-state index is 0.743. The van der Waals surface area contributed by atoms with Gasteiger partial charge in [-0.05, 0) is 37.5 Å². The van der Waals surface area contributed by atoms with E-state index in [1.807, 2.05) is 10.9 Å². The predicted molar refractivity (Wildman–Crippen MR) is 86.8 cm³/mol. The zero-order valence-corrected chi connectivity index (χ0v) is 13.2.